The number of Topliss-reactive ketones (excluding diaryl/α,β-unsaturated/α-hetero) is 1. The molecule has 1 rings (SSSR count). The minimum atomic E-state index is -0.131. The summed E-state index contributed by atoms with van der Waals surface area (Å²) < 4.78 is 0. The Morgan fingerprint density at radius 3 is 2.31 bits per heavy atom. The molecular formula is C11H22NO+. The minimum absolute atomic E-state index is 0.131. The van der Waals surface area contributed by atoms with E-state index in [1.54, 1.807) is 0 Å². The fourth-order valence-electron chi connectivity index (χ4n) is 2.51. The first-order valence-electron chi connectivity index (χ1n) is 5.19. The van der Waals surface area contributed by atoms with E-state index >= 15 is 0 Å². The monoisotopic (exact) mass is 184 g/mol. The molecule has 0 aliphatic heterocycles. The molecule has 1 saturated carbocycles. The number of rotatable bonds is 2. The third-order valence-corrected chi connectivity index (χ3v) is 4.57. The summed E-state index contributed by atoms with van der Waals surface area (Å²) in [6.07, 6.45) is 2.21. The molecule has 1 aliphatic rings. The van der Waals surface area contributed by atoms with Crippen LogP contribution in [0, 0.1) is 16.7 Å². The fraction of sp³-hybridized carbons (Fsp3) is 0.909. The van der Waals surface area contributed by atoms with Crippen molar-refractivity contribution in [1.29, 1.82) is 0 Å². The Morgan fingerprint density at radius 2 is 2.00 bits per heavy atom. The molecule has 0 aromatic rings. The van der Waals surface area contributed by atoms with Crippen LogP contribution in [0.5, 0.6) is 0 Å². The second-order valence-electron chi connectivity index (χ2n) is 5.17. The quantitative estimate of drug-likeness (QED) is 0.690. The second kappa shape index (κ2) is 3.09. The van der Waals surface area contributed by atoms with Crippen molar-refractivity contribution in [2.24, 2.45) is 16.7 Å². The largest absolute Gasteiger partial charge is 0.351 e. The van der Waals surface area contributed by atoms with Gasteiger partial charge in [-0.25, -0.2) is 0 Å². The van der Waals surface area contributed by atoms with E-state index in [1.807, 2.05) is 0 Å². The highest BCUT2D eigenvalue weighted by molar-refractivity contribution is 5.86. The van der Waals surface area contributed by atoms with Crippen molar-refractivity contribution in [1.82, 2.24) is 0 Å². The summed E-state index contributed by atoms with van der Waals surface area (Å²) in [6, 6.07) is 0. The molecule has 0 aromatic carbocycles. The molecule has 1 aliphatic carbocycles. The van der Waals surface area contributed by atoms with E-state index in [0.29, 0.717) is 18.2 Å². The van der Waals surface area contributed by atoms with Gasteiger partial charge in [0.05, 0.1) is 0 Å². The lowest BCUT2D eigenvalue weighted by Crippen LogP contribution is -2.59. The highest BCUT2D eigenvalue weighted by Crippen LogP contribution is 2.55. The van der Waals surface area contributed by atoms with E-state index < -0.39 is 0 Å². The molecule has 0 saturated heterocycles. The van der Waals surface area contributed by atoms with Crippen LogP contribution in [0.25, 0.3) is 0 Å². The highest BCUT2D eigenvalue weighted by Gasteiger charge is 2.53. The van der Waals surface area contributed by atoms with Crippen LogP contribution in [0.3, 0.4) is 0 Å². The molecule has 0 bridgehead atoms. The molecule has 3 N–H and O–H groups in total. The Labute approximate surface area is 80.9 Å². The number of carbonyl (C=O) groups is 1. The van der Waals surface area contributed by atoms with Gasteiger partial charge in [0, 0.05) is 5.41 Å². The summed E-state index contributed by atoms with van der Waals surface area (Å²) in [5, 5.41) is 0. The van der Waals surface area contributed by atoms with E-state index in [2.05, 4.69) is 33.4 Å². The topological polar surface area (TPSA) is 44.7 Å². The molecule has 2 atom stereocenters. The molecule has 0 radical (unpaired) electrons. The van der Waals surface area contributed by atoms with Crippen molar-refractivity contribution < 1.29 is 10.5 Å². The van der Waals surface area contributed by atoms with Crippen LogP contribution in [0.4, 0.5) is 0 Å². The SMILES string of the molecule is C[C@H]1CC[C@](C)(C(=O)C[NH3+])C1(C)C. The number of carbonyl (C=O) groups excluding carboxylic acids is 1. The van der Waals surface area contributed by atoms with Gasteiger partial charge in [-0.2, -0.15) is 0 Å². The molecule has 1 fully saturated rings. The van der Waals surface area contributed by atoms with E-state index in [0.717, 1.165) is 6.42 Å². The first-order valence-corrected chi connectivity index (χ1v) is 5.19. The Balaban J connectivity index is 2.98. The highest BCUT2D eigenvalue weighted by atomic mass is 16.1. The maximum Gasteiger partial charge on any atom is 0.193 e. The first kappa shape index (κ1) is 10.7. The Morgan fingerprint density at radius 1 is 1.46 bits per heavy atom. The third-order valence-electron chi connectivity index (χ3n) is 4.57. The maximum atomic E-state index is 11.8. The van der Waals surface area contributed by atoms with Crippen LogP contribution in [-0.4, -0.2) is 12.3 Å². The van der Waals surface area contributed by atoms with Crippen molar-refractivity contribution in [3.63, 3.8) is 0 Å². The summed E-state index contributed by atoms with van der Waals surface area (Å²) >= 11 is 0. The smallest absolute Gasteiger partial charge is 0.193 e. The van der Waals surface area contributed by atoms with Crippen molar-refractivity contribution in [3.8, 4) is 0 Å². The molecule has 0 unspecified atom stereocenters. The molecular weight excluding hydrogens is 162 g/mol. The Bertz CT molecular complexity index is 222. The molecule has 2 nitrogen and oxygen atoms in total. The van der Waals surface area contributed by atoms with Gasteiger partial charge in [-0.15, -0.1) is 0 Å². The molecule has 0 spiro atoms. The lowest BCUT2D eigenvalue weighted by Gasteiger charge is -2.38. The van der Waals surface area contributed by atoms with E-state index in [1.165, 1.54) is 6.42 Å². The molecule has 76 valence electrons. The summed E-state index contributed by atoms with van der Waals surface area (Å²) in [5.41, 5.74) is 3.73. The van der Waals surface area contributed by atoms with Crippen LogP contribution in [-0.2, 0) is 4.79 Å². The third kappa shape index (κ3) is 1.32. The van der Waals surface area contributed by atoms with Crippen LogP contribution in [0.2, 0.25) is 0 Å². The van der Waals surface area contributed by atoms with Crippen LogP contribution < -0.4 is 5.73 Å². The molecule has 2 heteroatoms. The van der Waals surface area contributed by atoms with Gasteiger partial charge >= 0.3 is 0 Å². The Kier molecular flexibility index (Phi) is 2.54. The zero-order chi connectivity index (χ0) is 10.3. The standard InChI is InChI=1S/C11H21NO/c1-8-5-6-11(4,9(13)7-12)10(8,2)3/h8H,5-7,12H2,1-4H3/p+1/t8-,11+/m0/s1. The minimum Gasteiger partial charge on any atom is -0.351 e. The van der Waals surface area contributed by atoms with Crippen molar-refractivity contribution in [2.75, 3.05) is 6.54 Å². The van der Waals surface area contributed by atoms with Crippen molar-refractivity contribution >= 4 is 5.78 Å². The maximum absolute atomic E-state index is 11.8. The summed E-state index contributed by atoms with van der Waals surface area (Å²) in [7, 11) is 0. The zero-order valence-corrected chi connectivity index (χ0v) is 9.31. The second-order valence-corrected chi connectivity index (χ2v) is 5.17. The van der Waals surface area contributed by atoms with Crippen LogP contribution in [0.1, 0.15) is 40.5 Å². The number of hydrogen-bond donors (Lipinski definition) is 1. The molecule has 13 heavy (non-hydrogen) atoms. The van der Waals surface area contributed by atoms with Crippen LogP contribution in [0.15, 0.2) is 0 Å². The summed E-state index contributed by atoms with van der Waals surface area (Å²) in [4.78, 5) is 11.8. The average molecular weight is 184 g/mol. The number of quaternary nitrogens is 1. The molecule has 0 heterocycles. The van der Waals surface area contributed by atoms with E-state index in [9.17, 15) is 4.79 Å². The molecule has 0 aromatic heterocycles. The van der Waals surface area contributed by atoms with Gasteiger partial charge in [-0.3, -0.25) is 4.79 Å². The Hall–Kier alpha value is -0.370. The lowest BCUT2D eigenvalue weighted by molar-refractivity contribution is -0.357. The van der Waals surface area contributed by atoms with Crippen molar-refractivity contribution in [2.45, 2.75) is 40.5 Å². The van der Waals surface area contributed by atoms with Gasteiger partial charge in [0.15, 0.2) is 5.78 Å². The van der Waals surface area contributed by atoms with Gasteiger partial charge < -0.3 is 5.73 Å². The zero-order valence-electron chi connectivity index (χ0n) is 9.31. The number of hydrogen-bond acceptors (Lipinski definition) is 1. The molecule has 0 amide bonds. The van der Waals surface area contributed by atoms with Gasteiger partial charge in [0.1, 0.15) is 6.54 Å². The fourth-order valence-corrected chi connectivity index (χ4v) is 2.51. The number of ketones is 1. The van der Waals surface area contributed by atoms with E-state index in [-0.39, 0.29) is 10.8 Å². The van der Waals surface area contributed by atoms with Gasteiger partial charge in [-0.1, -0.05) is 27.7 Å². The summed E-state index contributed by atoms with van der Waals surface area (Å²) in [5.74, 6) is 0.981. The van der Waals surface area contributed by atoms with Gasteiger partial charge in [0.25, 0.3) is 0 Å². The van der Waals surface area contributed by atoms with Crippen LogP contribution >= 0.6 is 0 Å². The van der Waals surface area contributed by atoms with Crippen molar-refractivity contribution in [3.05, 3.63) is 0 Å². The van der Waals surface area contributed by atoms with Gasteiger partial charge in [0.2, 0.25) is 0 Å². The average Bonchev–Trinajstić information content (AvgIpc) is 2.29. The summed E-state index contributed by atoms with van der Waals surface area (Å²) in [6.45, 7) is 9.24. The van der Waals surface area contributed by atoms with E-state index in [4.69, 9.17) is 0 Å². The predicted molar refractivity (Wildman–Crippen MR) is 53.0 cm³/mol. The lowest BCUT2D eigenvalue weighted by atomic mass is 9.64. The first-order chi connectivity index (χ1) is 5.86. The van der Waals surface area contributed by atoms with Gasteiger partial charge in [-0.05, 0) is 24.2 Å². The predicted octanol–water partition coefficient (Wildman–Crippen LogP) is 1.26. The normalized spacial score (nSPS) is 37.8.